The van der Waals surface area contributed by atoms with E-state index >= 15 is 0 Å². The van der Waals surface area contributed by atoms with Crippen LogP contribution in [-0.2, 0) is 0 Å². The van der Waals surface area contributed by atoms with E-state index in [9.17, 15) is 0 Å². The average molecular weight is 154 g/mol. The summed E-state index contributed by atoms with van der Waals surface area (Å²) < 4.78 is 0. The second-order valence-corrected chi connectivity index (χ2v) is 2.72. The van der Waals surface area contributed by atoms with E-state index in [1.54, 1.807) is 0 Å². The minimum Gasteiger partial charge on any atom is -0.316 e. The van der Waals surface area contributed by atoms with Gasteiger partial charge in [-0.3, -0.25) is 0 Å². The Kier molecular flexibility index (Phi) is 8.98. The summed E-state index contributed by atoms with van der Waals surface area (Å²) in [5.41, 5.74) is 0. The van der Waals surface area contributed by atoms with Crippen LogP contribution >= 0.6 is 0 Å². The van der Waals surface area contributed by atoms with Crippen molar-refractivity contribution in [3.63, 3.8) is 0 Å². The summed E-state index contributed by atoms with van der Waals surface area (Å²) in [5.74, 6) is 0. The van der Waals surface area contributed by atoms with Crippen molar-refractivity contribution in [1.29, 1.82) is 5.26 Å². The fourth-order valence-corrected chi connectivity index (χ4v) is 0.946. The summed E-state index contributed by atoms with van der Waals surface area (Å²) in [6.45, 7) is 4.13. The summed E-state index contributed by atoms with van der Waals surface area (Å²) in [4.78, 5) is 0. The molecule has 0 spiro atoms. The van der Waals surface area contributed by atoms with Crippen LogP contribution in [0.1, 0.15) is 39.0 Å². The number of unbranched alkanes of at least 4 members (excludes halogenated alkanes) is 3. The van der Waals surface area contributed by atoms with Crippen molar-refractivity contribution in [3.8, 4) is 6.07 Å². The molecule has 0 atom stereocenters. The van der Waals surface area contributed by atoms with E-state index in [1.807, 2.05) is 0 Å². The Morgan fingerprint density at radius 2 is 2.00 bits per heavy atom. The van der Waals surface area contributed by atoms with Crippen molar-refractivity contribution < 1.29 is 0 Å². The molecule has 0 aliphatic rings. The molecule has 0 bridgehead atoms. The van der Waals surface area contributed by atoms with Crippen LogP contribution in [0.5, 0.6) is 0 Å². The maximum absolute atomic E-state index is 8.22. The van der Waals surface area contributed by atoms with E-state index in [4.69, 9.17) is 5.26 Å². The molecule has 2 nitrogen and oxygen atoms in total. The molecule has 11 heavy (non-hydrogen) atoms. The summed E-state index contributed by atoms with van der Waals surface area (Å²) in [5, 5.41) is 11.4. The Balaban J connectivity index is 2.75. The van der Waals surface area contributed by atoms with Crippen molar-refractivity contribution >= 4 is 0 Å². The Morgan fingerprint density at radius 3 is 2.64 bits per heavy atom. The molecule has 64 valence electrons. The first-order valence-electron chi connectivity index (χ1n) is 4.49. The van der Waals surface area contributed by atoms with E-state index in [-0.39, 0.29) is 0 Å². The molecule has 0 amide bonds. The van der Waals surface area contributed by atoms with E-state index in [2.05, 4.69) is 18.3 Å². The average Bonchev–Trinajstić information content (AvgIpc) is 2.03. The van der Waals surface area contributed by atoms with E-state index in [0.717, 1.165) is 13.1 Å². The Bertz CT molecular complexity index is 105. The van der Waals surface area contributed by atoms with Gasteiger partial charge in [0.15, 0.2) is 0 Å². The van der Waals surface area contributed by atoms with Gasteiger partial charge in [0.25, 0.3) is 0 Å². The highest BCUT2D eigenvalue weighted by Gasteiger charge is 1.87. The molecule has 0 aliphatic carbocycles. The molecular weight excluding hydrogens is 136 g/mol. The van der Waals surface area contributed by atoms with Gasteiger partial charge in [-0.05, 0) is 13.0 Å². The molecule has 0 aromatic heterocycles. The van der Waals surface area contributed by atoms with Gasteiger partial charge in [-0.15, -0.1) is 0 Å². The number of nitrogens with one attached hydrogen (secondary N) is 1. The van der Waals surface area contributed by atoms with Gasteiger partial charge < -0.3 is 5.32 Å². The number of nitriles is 1. The van der Waals surface area contributed by atoms with Crippen LogP contribution in [0.3, 0.4) is 0 Å². The maximum Gasteiger partial charge on any atom is 0.0635 e. The van der Waals surface area contributed by atoms with Gasteiger partial charge in [-0.2, -0.15) is 5.26 Å². The molecule has 0 aliphatic heterocycles. The zero-order valence-electron chi connectivity index (χ0n) is 7.40. The number of nitrogens with zero attached hydrogens (tertiary/aromatic N) is 1. The lowest BCUT2D eigenvalue weighted by atomic mass is 10.2. The highest BCUT2D eigenvalue weighted by molar-refractivity contribution is 4.69. The van der Waals surface area contributed by atoms with Crippen LogP contribution in [-0.4, -0.2) is 13.1 Å². The quantitative estimate of drug-likeness (QED) is 0.570. The molecule has 0 fully saturated rings. The summed E-state index contributed by atoms with van der Waals surface area (Å²) in [6, 6.07) is 2.11. The molecule has 1 N–H and O–H groups in total. The second kappa shape index (κ2) is 9.45. The van der Waals surface area contributed by atoms with Crippen LogP contribution in [0.15, 0.2) is 0 Å². The van der Waals surface area contributed by atoms with Gasteiger partial charge >= 0.3 is 0 Å². The molecule has 0 rings (SSSR count). The minimum absolute atomic E-state index is 0.633. The first-order chi connectivity index (χ1) is 5.41. The normalized spacial score (nSPS) is 9.45. The highest BCUT2D eigenvalue weighted by Crippen LogP contribution is 1.96. The zero-order chi connectivity index (χ0) is 8.36. The largest absolute Gasteiger partial charge is 0.316 e. The van der Waals surface area contributed by atoms with Gasteiger partial charge in [-0.25, -0.2) is 0 Å². The topological polar surface area (TPSA) is 35.8 Å². The zero-order valence-corrected chi connectivity index (χ0v) is 7.40. The van der Waals surface area contributed by atoms with Gasteiger partial charge in [0.05, 0.1) is 6.07 Å². The van der Waals surface area contributed by atoms with Gasteiger partial charge in [0.1, 0.15) is 0 Å². The predicted molar refractivity (Wildman–Crippen MR) is 47.2 cm³/mol. The Morgan fingerprint density at radius 1 is 1.18 bits per heavy atom. The number of hydrogen-bond acceptors (Lipinski definition) is 2. The maximum atomic E-state index is 8.22. The van der Waals surface area contributed by atoms with E-state index in [0.29, 0.717) is 6.42 Å². The molecule has 0 aromatic rings. The van der Waals surface area contributed by atoms with Crippen molar-refractivity contribution in [2.75, 3.05) is 13.1 Å². The van der Waals surface area contributed by atoms with Crippen molar-refractivity contribution in [2.24, 2.45) is 0 Å². The van der Waals surface area contributed by atoms with Crippen LogP contribution in [0.4, 0.5) is 0 Å². The lowest BCUT2D eigenvalue weighted by Gasteiger charge is -2.00. The number of rotatable bonds is 7. The smallest absolute Gasteiger partial charge is 0.0635 e. The first-order valence-corrected chi connectivity index (χ1v) is 4.49. The molecule has 0 radical (unpaired) electrons. The van der Waals surface area contributed by atoms with Gasteiger partial charge in [-0.1, -0.05) is 26.2 Å². The molecule has 0 heterocycles. The molecule has 2 heteroatoms. The second-order valence-electron chi connectivity index (χ2n) is 2.72. The summed E-state index contributed by atoms with van der Waals surface area (Å²) >= 11 is 0. The molecule has 0 unspecified atom stereocenters. The molecule has 0 saturated heterocycles. The first kappa shape index (κ1) is 10.4. The molecule has 0 saturated carbocycles. The highest BCUT2D eigenvalue weighted by atomic mass is 14.8. The predicted octanol–water partition coefficient (Wildman–Crippen LogP) is 2.07. The van der Waals surface area contributed by atoms with Crippen LogP contribution in [0.25, 0.3) is 0 Å². The third kappa shape index (κ3) is 9.45. The van der Waals surface area contributed by atoms with Crippen LogP contribution in [0, 0.1) is 11.3 Å². The van der Waals surface area contributed by atoms with Crippen LogP contribution < -0.4 is 5.32 Å². The van der Waals surface area contributed by atoms with Gasteiger partial charge in [0.2, 0.25) is 0 Å². The minimum atomic E-state index is 0.633. The van der Waals surface area contributed by atoms with Crippen LogP contribution in [0.2, 0.25) is 0 Å². The van der Waals surface area contributed by atoms with Crippen molar-refractivity contribution in [3.05, 3.63) is 0 Å². The summed E-state index contributed by atoms with van der Waals surface area (Å²) in [7, 11) is 0. The standard InChI is InChI=1S/C9H18N2/c1-2-3-4-5-8-11-9-6-7-10/h11H,2-6,8-9H2,1H3. The fraction of sp³-hybridized carbons (Fsp3) is 0.889. The number of hydrogen-bond donors (Lipinski definition) is 1. The molecule has 0 aromatic carbocycles. The summed E-state index contributed by atoms with van der Waals surface area (Å²) in [6.07, 6.45) is 5.82. The van der Waals surface area contributed by atoms with Crippen molar-refractivity contribution in [2.45, 2.75) is 39.0 Å². The third-order valence-corrected chi connectivity index (χ3v) is 1.62. The Hall–Kier alpha value is -0.550. The SMILES string of the molecule is CCCCCCNCCC#N. The fourth-order valence-electron chi connectivity index (χ4n) is 0.946. The third-order valence-electron chi connectivity index (χ3n) is 1.62. The van der Waals surface area contributed by atoms with E-state index < -0.39 is 0 Å². The van der Waals surface area contributed by atoms with Gasteiger partial charge in [0, 0.05) is 13.0 Å². The Labute approximate surface area is 69.6 Å². The van der Waals surface area contributed by atoms with Crippen molar-refractivity contribution in [1.82, 2.24) is 5.32 Å². The monoisotopic (exact) mass is 154 g/mol. The van der Waals surface area contributed by atoms with E-state index in [1.165, 1.54) is 25.7 Å². The molecular formula is C9H18N2. The lowest BCUT2D eigenvalue weighted by Crippen LogP contribution is -2.15. The lowest BCUT2D eigenvalue weighted by molar-refractivity contribution is 0.602.